The van der Waals surface area contributed by atoms with Crippen molar-refractivity contribution < 1.29 is 4.74 Å². The van der Waals surface area contributed by atoms with Crippen LogP contribution in [0.3, 0.4) is 0 Å². The molecule has 0 saturated carbocycles. The van der Waals surface area contributed by atoms with Crippen molar-refractivity contribution >= 4 is 0 Å². The monoisotopic (exact) mass is 261 g/mol. The van der Waals surface area contributed by atoms with Crippen LogP contribution in [0.4, 0.5) is 0 Å². The summed E-state index contributed by atoms with van der Waals surface area (Å²) in [6.07, 6.45) is 7.77. The SMILES string of the molecule is CCCC(CCCC1Cc2ccccc2O1)NCC. The summed E-state index contributed by atoms with van der Waals surface area (Å²) < 4.78 is 5.99. The smallest absolute Gasteiger partial charge is 0.123 e. The van der Waals surface area contributed by atoms with Gasteiger partial charge in [0.25, 0.3) is 0 Å². The molecule has 2 heteroatoms. The van der Waals surface area contributed by atoms with Crippen LogP contribution in [0, 0.1) is 0 Å². The van der Waals surface area contributed by atoms with Crippen LogP contribution in [0.15, 0.2) is 24.3 Å². The van der Waals surface area contributed by atoms with Crippen molar-refractivity contribution in [3.63, 3.8) is 0 Å². The maximum Gasteiger partial charge on any atom is 0.123 e. The molecule has 2 atom stereocenters. The highest BCUT2D eigenvalue weighted by atomic mass is 16.5. The summed E-state index contributed by atoms with van der Waals surface area (Å²) in [4.78, 5) is 0. The molecule has 1 aliphatic rings. The van der Waals surface area contributed by atoms with Crippen LogP contribution in [0.25, 0.3) is 0 Å². The third-order valence-corrected chi connectivity index (χ3v) is 3.92. The van der Waals surface area contributed by atoms with Gasteiger partial charge in [0.2, 0.25) is 0 Å². The first kappa shape index (κ1) is 14.4. The number of rotatable bonds is 8. The number of fused-ring (bicyclic) bond motifs is 1. The number of nitrogens with one attached hydrogen (secondary N) is 1. The van der Waals surface area contributed by atoms with Gasteiger partial charge in [-0.3, -0.25) is 0 Å². The van der Waals surface area contributed by atoms with Crippen molar-refractivity contribution in [2.24, 2.45) is 0 Å². The quantitative estimate of drug-likeness (QED) is 0.765. The Balaban J connectivity index is 1.70. The zero-order valence-electron chi connectivity index (χ0n) is 12.3. The molecular formula is C17H27NO. The van der Waals surface area contributed by atoms with E-state index in [1.54, 1.807) is 0 Å². The maximum atomic E-state index is 5.99. The molecule has 1 heterocycles. The average molecular weight is 261 g/mol. The normalized spacial score (nSPS) is 18.9. The van der Waals surface area contributed by atoms with E-state index >= 15 is 0 Å². The van der Waals surface area contributed by atoms with Gasteiger partial charge in [-0.2, -0.15) is 0 Å². The molecule has 0 saturated heterocycles. The van der Waals surface area contributed by atoms with Gasteiger partial charge >= 0.3 is 0 Å². The van der Waals surface area contributed by atoms with Crippen molar-refractivity contribution in [2.45, 2.75) is 64.5 Å². The molecule has 106 valence electrons. The lowest BCUT2D eigenvalue weighted by Crippen LogP contribution is -2.29. The summed E-state index contributed by atoms with van der Waals surface area (Å²) in [6.45, 7) is 5.54. The first-order valence-corrected chi connectivity index (χ1v) is 7.81. The van der Waals surface area contributed by atoms with Crippen LogP contribution in [0.2, 0.25) is 0 Å². The Kier molecular flexibility index (Phi) is 5.71. The minimum atomic E-state index is 0.404. The highest BCUT2D eigenvalue weighted by Gasteiger charge is 2.21. The lowest BCUT2D eigenvalue weighted by Gasteiger charge is -2.18. The second kappa shape index (κ2) is 7.54. The number of hydrogen-bond acceptors (Lipinski definition) is 2. The Morgan fingerprint density at radius 2 is 2.11 bits per heavy atom. The van der Waals surface area contributed by atoms with Gasteiger partial charge in [-0.25, -0.2) is 0 Å². The van der Waals surface area contributed by atoms with E-state index in [9.17, 15) is 0 Å². The summed E-state index contributed by atoms with van der Waals surface area (Å²) in [5.74, 6) is 1.10. The third-order valence-electron chi connectivity index (χ3n) is 3.92. The summed E-state index contributed by atoms with van der Waals surface area (Å²) in [5, 5.41) is 3.59. The molecule has 0 aromatic heterocycles. The Labute approximate surface area is 117 Å². The predicted octanol–water partition coefficient (Wildman–Crippen LogP) is 3.94. The Hall–Kier alpha value is -1.02. The van der Waals surface area contributed by atoms with Gasteiger partial charge in [-0.1, -0.05) is 38.5 Å². The van der Waals surface area contributed by atoms with Gasteiger partial charge in [0.05, 0.1) is 0 Å². The van der Waals surface area contributed by atoms with Gasteiger partial charge in [0.15, 0.2) is 0 Å². The number of benzene rings is 1. The maximum absolute atomic E-state index is 5.99. The molecular weight excluding hydrogens is 234 g/mol. The fourth-order valence-electron chi connectivity index (χ4n) is 2.99. The summed E-state index contributed by atoms with van der Waals surface area (Å²) in [7, 11) is 0. The van der Waals surface area contributed by atoms with E-state index in [1.165, 1.54) is 37.7 Å². The largest absolute Gasteiger partial charge is 0.490 e. The van der Waals surface area contributed by atoms with E-state index < -0.39 is 0 Å². The van der Waals surface area contributed by atoms with Gasteiger partial charge in [0, 0.05) is 12.5 Å². The topological polar surface area (TPSA) is 21.3 Å². The number of para-hydroxylation sites is 1. The van der Waals surface area contributed by atoms with E-state index in [0.717, 1.165) is 18.7 Å². The molecule has 0 bridgehead atoms. The highest BCUT2D eigenvalue weighted by molar-refractivity contribution is 5.37. The predicted molar refractivity (Wildman–Crippen MR) is 80.8 cm³/mol. The fraction of sp³-hybridized carbons (Fsp3) is 0.647. The Bertz CT molecular complexity index is 346. The lowest BCUT2D eigenvalue weighted by molar-refractivity contribution is 0.214. The van der Waals surface area contributed by atoms with Crippen molar-refractivity contribution in [2.75, 3.05) is 6.54 Å². The zero-order chi connectivity index (χ0) is 13.5. The summed E-state index contributed by atoms with van der Waals surface area (Å²) in [6, 6.07) is 9.14. The first-order valence-electron chi connectivity index (χ1n) is 7.81. The standard InChI is InChI=1S/C17H27NO/c1-3-8-15(18-4-2)10-7-11-16-13-14-9-5-6-12-17(14)19-16/h5-6,9,12,15-16,18H,3-4,7-8,10-11,13H2,1-2H3. The zero-order valence-corrected chi connectivity index (χ0v) is 12.3. The van der Waals surface area contributed by atoms with Gasteiger partial charge in [0.1, 0.15) is 11.9 Å². The second-order valence-electron chi connectivity index (χ2n) is 5.53. The molecule has 2 unspecified atom stereocenters. The molecule has 1 aromatic rings. The third kappa shape index (κ3) is 4.24. The fourth-order valence-corrected chi connectivity index (χ4v) is 2.99. The van der Waals surface area contributed by atoms with E-state index in [0.29, 0.717) is 12.1 Å². The molecule has 0 aliphatic carbocycles. The molecule has 2 rings (SSSR count). The minimum absolute atomic E-state index is 0.404. The van der Waals surface area contributed by atoms with Crippen LogP contribution in [0.5, 0.6) is 5.75 Å². The number of ether oxygens (including phenoxy) is 1. The van der Waals surface area contributed by atoms with Crippen molar-refractivity contribution in [1.29, 1.82) is 0 Å². The minimum Gasteiger partial charge on any atom is -0.490 e. The van der Waals surface area contributed by atoms with Crippen LogP contribution in [0.1, 0.15) is 51.5 Å². The van der Waals surface area contributed by atoms with E-state index in [4.69, 9.17) is 4.74 Å². The Morgan fingerprint density at radius 3 is 2.84 bits per heavy atom. The Morgan fingerprint density at radius 1 is 1.26 bits per heavy atom. The van der Waals surface area contributed by atoms with Crippen molar-refractivity contribution in [3.05, 3.63) is 29.8 Å². The number of hydrogen-bond donors (Lipinski definition) is 1. The van der Waals surface area contributed by atoms with Crippen LogP contribution < -0.4 is 10.1 Å². The van der Waals surface area contributed by atoms with Gasteiger partial charge < -0.3 is 10.1 Å². The first-order chi connectivity index (χ1) is 9.33. The van der Waals surface area contributed by atoms with Crippen LogP contribution in [-0.2, 0) is 6.42 Å². The van der Waals surface area contributed by atoms with Crippen molar-refractivity contribution in [1.82, 2.24) is 5.32 Å². The molecule has 1 aliphatic heterocycles. The lowest BCUT2D eigenvalue weighted by atomic mass is 10.0. The van der Waals surface area contributed by atoms with E-state index in [1.807, 2.05) is 0 Å². The average Bonchev–Trinajstić information content (AvgIpc) is 2.82. The summed E-state index contributed by atoms with van der Waals surface area (Å²) in [5.41, 5.74) is 1.38. The molecule has 19 heavy (non-hydrogen) atoms. The molecule has 0 radical (unpaired) electrons. The molecule has 0 fully saturated rings. The molecule has 1 aromatic carbocycles. The summed E-state index contributed by atoms with van der Waals surface area (Å²) >= 11 is 0. The second-order valence-corrected chi connectivity index (χ2v) is 5.53. The molecule has 2 nitrogen and oxygen atoms in total. The van der Waals surface area contributed by atoms with E-state index in [-0.39, 0.29) is 0 Å². The van der Waals surface area contributed by atoms with Crippen LogP contribution >= 0.6 is 0 Å². The molecule has 1 N–H and O–H groups in total. The van der Waals surface area contributed by atoms with Crippen LogP contribution in [-0.4, -0.2) is 18.7 Å². The van der Waals surface area contributed by atoms with Gasteiger partial charge in [-0.05, 0) is 43.9 Å². The molecule has 0 spiro atoms. The van der Waals surface area contributed by atoms with E-state index in [2.05, 4.69) is 43.4 Å². The van der Waals surface area contributed by atoms with Crippen molar-refractivity contribution in [3.8, 4) is 5.75 Å². The molecule has 0 amide bonds. The highest BCUT2D eigenvalue weighted by Crippen LogP contribution is 2.30. The van der Waals surface area contributed by atoms with Gasteiger partial charge in [-0.15, -0.1) is 0 Å².